The summed E-state index contributed by atoms with van der Waals surface area (Å²) < 4.78 is 10.7. The van der Waals surface area contributed by atoms with E-state index < -0.39 is 0 Å². The topological polar surface area (TPSA) is 47.6 Å². The molecule has 0 bridgehead atoms. The van der Waals surface area contributed by atoms with Crippen LogP contribution in [-0.2, 0) is 9.47 Å². The molecule has 4 heteroatoms. The fourth-order valence-corrected chi connectivity index (χ4v) is 2.22. The molecule has 0 radical (unpaired) electrons. The largest absolute Gasteiger partial charge is 0.450 e. The predicted octanol–water partition coefficient (Wildman–Crippen LogP) is 2.65. The quantitative estimate of drug-likeness (QED) is 0.895. The highest BCUT2D eigenvalue weighted by atomic mass is 16.5. The van der Waals surface area contributed by atoms with Crippen LogP contribution in [0.25, 0.3) is 0 Å². The van der Waals surface area contributed by atoms with E-state index in [0.717, 1.165) is 25.0 Å². The summed E-state index contributed by atoms with van der Waals surface area (Å²) in [5.41, 5.74) is 1.10. The summed E-state index contributed by atoms with van der Waals surface area (Å²) in [5.74, 6) is 0. The van der Waals surface area contributed by atoms with Crippen LogP contribution in [0.4, 0.5) is 4.79 Å². The molecule has 0 aromatic heterocycles. The highest BCUT2D eigenvalue weighted by Gasteiger charge is 2.28. The van der Waals surface area contributed by atoms with Gasteiger partial charge in [-0.15, -0.1) is 0 Å². The average Bonchev–Trinajstić information content (AvgIpc) is 2.40. The lowest BCUT2D eigenvalue weighted by Gasteiger charge is -2.32. The van der Waals surface area contributed by atoms with Crippen LogP contribution in [0.1, 0.15) is 31.4 Å². The normalized spacial score (nSPS) is 23.4. The van der Waals surface area contributed by atoms with Gasteiger partial charge in [-0.3, -0.25) is 0 Å². The van der Waals surface area contributed by atoms with E-state index in [1.165, 1.54) is 0 Å². The first-order chi connectivity index (χ1) is 8.81. The lowest BCUT2D eigenvalue weighted by atomic mass is 9.96. The zero-order valence-electron chi connectivity index (χ0n) is 10.6. The van der Waals surface area contributed by atoms with E-state index in [1.807, 2.05) is 30.3 Å². The molecule has 2 unspecified atom stereocenters. The maximum atomic E-state index is 11.5. The Kier molecular flexibility index (Phi) is 4.59. The summed E-state index contributed by atoms with van der Waals surface area (Å²) in [6, 6.07) is 9.97. The SMILES string of the molecule is CCOC(=O)NC1CCCOC1c1ccccc1. The maximum absolute atomic E-state index is 11.5. The number of nitrogens with one attached hydrogen (secondary N) is 1. The molecule has 1 aliphatic rings. The van der Waals surface area contributed by atoms with Crippen molar-refractivity contribution in [2.75, 3.05) is 13.2 Å². The molecule has 0 aliphatic carbocycles. The number of hydrogen-bond donors (Lipinski definition) is 1. The Bertz CT molecular complexity index is 380. The van der Waals surface area contributed by atoms with Gasteiger partial charge >= 0.3 is 6.09 Å². The number of alkyl carbamates (subject to hydrolysis) is 1. The van der Waals surface area contributed by atoms with Crippen molar-refractivity contribution in [3.63, 3.8) is 0 Å². The fourth-order valence-electron chi connectivity index (χ4n) is 2.22. The van der Waals surface area contributed by atoms with E-state index in [9.17, 15) is 4.79 Å². The van der Waals surface area contributed by atoms with Gasteiger partial charge in [-0.05, 0) is 25.3 Å². The number of benzene rings is 1. The van der Waals surface area contributed by atoms with Crippen LogP contribution in [0.15, 0.2) is 30.3 Å². The van der Waals surface area contributed by atoms with E-state index >= 15 is 0 Å². The molecule has 0 saturated carbocycles. The zero-order valence-corrected chi connectivity index (χ0v) is 10.6. The number of carbonyl (C=O) groups excluding carboxylic acids is 1. The van der Waals surface area contributed by atoms with Crippen molar-refractivity contribution < 1.29 is 14.3 Å². The molecule has 18 heavy (non-hydrogen) atoms. The molecule has 2 rings (SSSR count). The molecule has 1 aliphatic heterocycles. The lowest BCUT2D eigenvalue weighted by Crippen LogP contribution is -2.43. The monoisotopic (exact) mass is 249 g/mol. The molecule has 2 atom stereocenters. The summed E-state index contributed by atoms with van der Waals surface area (Å²) >= 11 is 0. The minimum absolute atomic E-state index is 0.0137. The zero-order chi connectivity index (χ0) is 12.8. The van der Waals surface area contributed by atoms with Crippen LogP contribution in [0, 0.1) is 0 Å². The second kappa shape index (κ2) is 6.40. The second-order valence-corrected chi connectivity index (χ2v) is 4.32. The van der Waals surface area contributed by atoms with E-state index in [-0.39, 0.29) is 18.2 Å². The van der Waals surface area contributed by atoms with Crippen LogP contribution in [-0.4, -0.2) is 25.3 Å². The van der Waals surface area contributed by atoms with Gasteiger partial charge in [-0.2, -0.15) is 0 Å². The summed E-state index contributed by atoms with van der Waals surface area (Å²) in [7, 11) is 0. The number of amides is 1. The number of ether oxygens (including phenoxy) is 2. The molecule has 1 amide bonds. The Morgan fingerprint density at radius 2 is 2.22 bits per heavy atom. The molecule has 1 heterocycles. The first-order valence-electron chi connectivity index (χ1n) is 6.41. The third kappa shape index (κ3) is 3.23. The number of rotatable bonds is 3. The van der Waals surface area contributed by atoms with Crippen molar-refractivity contribution >= 4 is 6.09 Å². The van der Waals surface area contributed by atoms with Gasteiger partial charge < -0.3 is 14.8 Å². The Morgan fingerprint density at radius 1 is 1.44 bits per heavy atom. The molecular formula is C14H19NO3. The van der Waals surface area contributed by atoms with Gasteiger partial charge in [0.1, 0.15) is 6.10 Å². The van der Waals surface area contributed by atoms with Gasteiger partial charge in [0.2, 0.25) is 0 Å². The standard InChI is InChI=1S/C14H19NO3/c1-2-17-14(16)15-12-9-6-10-18-13(12)11-7-4-3-5-8-11/h3-5,7-8,12-13H,2,6,9-10H2,1H3,(H,15,16). The molecule has 1 saturated heterocycles. The summed E-state index contributed by atoms with van der Waals surface area (Å²) in [5, 5.41) is 2.88. The van der Waals surface area contributed by atoms with Crippen LogP contribution >= 0.6 is 0 Å². The molecule has 1 aromatic rings. The molecule has 1 N–H and O–H groups in total. The van der Waals surface area contributed by atoms with Crippen molar-refractivity contribution in [1.82, 2.24) is 5.32 Å². The Morgan fingerprint density at radius 3 is 2.94 bits per heavy atom. The second-order valence-electron chi connectivity index (χ2n) is 4.32. The third-order valence-corrected chi connectivity index (χ3v) is 3.03. The summed E-state index contributed by atoms with van der Waals surface area (Å²) in [4.78, 5) is 11.5. The first kappa shape index (κ1) is 12.9. The smallest absolute Gasteiger partial charge is 0.407 e. The predicted molar refractivity (Wildman–Crippen MR) is 68.3 cm³/mol. The van der Waals surface area contributed by atoms with Crippen LogP contribution in [0.2, 0.25) is 0 Å². The third-order valence-electron chi connectivity index (χ3n) is 3.03. The van der Waals surface area contributed by atoms with Crippen molar-refractivity contribution in [2.24, 2.45) is 0 Å². The maximum Gasteiger partial charge on any atom is 0.407 e. The summed E-state index contributed by atoms with van der Waals surface area (Å²) in [6.45, 7) is 2.92. The average molecular weight is 249 g/mol. The highest BCUT2D eigenvalue weighted by Crippen LogP contribution is 2.28. The van der Waals surface area contributed by atoms with Gasteiger partial charge in [-0.1, -0.05) is 30.3 Å². The summed E-state index contributed by atoms with van der Waals surface area (Å²) in [6.07, 6.45) is 1.43. The molecule has 1 aromatic carbocycles. The van der Waals surface area contributed by atoms with Crippen molar-refractivity contribution in [2.45, 2.75) is 31.9 Å². The first-order valence-corrected chi connectivity index (χ1v) is 6.41. The van der Waals surface area contributed by atoms with Crippen LogP contribution in [0.5, 0.6) is 0 Å². The van der Waals surface area contributed by atoms with Crippen molar-refractivity contribution in [3.8, 4) is 0 Å². The Labute approximate surface area is 107 Å². The highest BCUT2D eigenvalue weighted by molar-refractivity contribution is 5.67. The van der Waals surface area contributed by atoms with E-state index in [0.29, 0.717) is 6.61 Å². The minimum atomic E-state index is -0.367. The molecule has 98 valence electrons. The lowest BCUT2D eigenvalue weighted by molar-refractivity contribution is -0.0106. The molecule has 0 spiro atoms. The Hall–Kier alpha value is -1.55. The number of hydrogen-bond acceptors (Lipinski definition) is 3. The van der Waals surface area contributed by atoms with Gasteiger partial charge in [-0.25, -0.2) is 4.79 Å². The molecule has 1 fully saturated rings. The van der Waals surface area contributed by atoms with Crippen molar-refractivity contribution in [1.29, 1.82) is 0 Å². The van der Waals surface area contributed by atoms with Crippen LogP contribution < -0.4 is 5.32 Å². The van der Waals surface area contributed by atoms with E-state index in [2.05, 4.69) is 5.32 Å². The minimum Gasteiger partial charge on any atom is -0.450 e. The molecular weight excluding hydrogens is 230 g/mol. The van der Waals surface area contributed by atoms with Gasteiger partial charge in [0.05, 0.1) is 12.6 Å². The van der Waals surface area contributed by atoms with Gasteiger partial charge in [0, 0.05) is 6.61 Å². The number of carbonyl (C=O) groups is 1. The van der Waals surface area contributed by atoms with Gasteiger partial charge in [0.15, 0.2) is 0 Å². The van der Waals surface area contributed by atoms with E-state index in [4.69, 9.17) is 9.47 Å². The van der Waals surface area contributed by atoms with Crippen LogP contribution in [0.3, 0.4) is 0 Å². The van der Waals surface area contributed by atoms with Gasteiger partial charge in [0.25, 0.3) is 0 Å². The fraction of sp³-hybridized carbons (Fsp3) is 0.500. The van der Waals surface area contributed by atoms with Crippen molar-refractivity contribution in [3.05, 3.63) is 35.9 Å². The Balaban J connectivity index is 2.04. The molecule has 4 nitrogen and oxygen atoms in total. The van der Waals surface area contributed by atoms with E-state index in [1.54, 1.807) is 6.92 Å².